The third-order valence-corrected chi connectivity index (χ3v) is 4.54. The number of halogens is 3. The minimum Gasteiger partial charge on any atom is -0.380 e. The number of urea groups is 1. The monoisotopic (exact) mass is 341 g/mol. The van der Waals surface area contributed by atoms with E-state index in [1.54, 1.807) is 6.07 Å². The number of nitrogens with one attached hydrogen (secondary N) is 1. The zero-order valence-electron chi connectivity index (χ0n) is 13.1. The molecule has 1 aliphatic rings. The number of hydrogen-bond donors (Lipinski definition) is 2. The summed E-state index contributed by atoms with van der Waals surface area (Å²) >= 11 is 0. The zero-order valence-corrected chi connectivity index (χ0v) is 13.1. The van der Waals surface area contributed by atoms with Crippen molar-refractivity contribution in [1.82, 2.24) is 9.47 Å². The second kappa shape index (κ2) is 5.70. The molecule has 2 heterocycles. The van der Waals surface area contributed by atoms with Crippen molar-refractivity contribution in [2.24, 2.45) is 7.05 Å². The van der Waals surface area contributed by atoms with Gasteiger partial charge in [0.2, 0.25) is 0 Å². The average molecular weight is 341 g/mol. The summed E-state index contributed by atoms with van der Waals surface area (Å²) < 4.78 is 40.3. The van der Waals surface area contributed by atoms with Gasteiger partial charge in [-0.1, -0.05) is 6.07 Å². The van der Waals surface area contributed by atoms with Crippen molar-refractivity contribution in [3.05, 3.63) is 30.5 Å². The van der Waals surface area contributed by atoms with Crippen molar-refractivity contribution < 1.29 is 23.1 Å². The molecule has 2 amide bonds. The van der Waals surface area contributed by atoms with Gasteiger partial charge in [-0.3, -0.25) is 0 Å². The Kier molecular flexibility index (Phi) is 3.95. The molecule has 0 atom stereocenters. The minimum absolute atomic E-state index is 0.145. The molecule has 3 rings (SSSR count). The van der Waals surface area contributed by atoms with E-state index in [1.165, 1.54) is 4.90 Å². The Morgan fingerprint density at radius 3 is 2.54 bits per heavy atom. The molecule has 0 bridgehead atoms. The molecule has 5 nitrogen and oxygen atoms in total. The van der Waals surface area contributed by atoms with Crippen LogP contribution >= 0.6 is 0 Å². The van der Waals surface area contributed by atoms with E-state index in [0.29, 0.717) is 5.69 Å². The van der Waals surface area contributed by atoms with E-state index in [4.69, 9.17) is 0 Å². The second-order valence-electron chi connectivity index (χ2n) is 6.15. The number of likely N-dealkylation sites (tertiary alicyclic amines) is 1. The number of benzene rings is 1. The zero-order chi connectivity index (χ0) is 17.5. The number of rotatable bonds is 1. The molecule has 2 aromatic rings. The number of aryl methyl sites for hydroxylation is 1. The van der Waals surface area contributed by atoms with E-state index in [2.05, 4.69) is 5.32 Å². The van der Waals surface area contributed by atoms with Gasteiger partial charge in [0.05, 0.1) is 0 Å². The van der Waals surface area contributed by atoms with Crippen molar-refractivity contribution in [2.75, 3.05) is 18.4 Å². The summed E-state index contributed by atoms with van der Waals surface area (Å²) in [6, 6.07) is 6.90. The molecule has 1 aliphatic heterocycles. The number of fused-ring (bicyclic) bond motifs is 1. The fraction of sp³-hybridized carbons (Fsp3) is 0.438. The molecule has 1 saturated heterocycles. The molecular formula is C16H18F3N3O2. The topological polar surface area (TPSA) is 57.5 Å². The van der Waals surface area contributed by atoms with Crippen LogP contribution in [0.2, 0.25) is 0 Å². The highest BCUT2D eigenvalue weighted by Crippen LogP contribution is 2.38. The summed E-state index contributed by atoms with van der Waals surface area (Å²) in [5, 5.41) is 13.4. The number of nitrogens with zero attached hydrogens (tertiary/aromatic N) is 2. The molecule has 130 valence electrons. The van der Waals surface area contributed by atoms with Crippen molar-refractivity contribution in [3.8, 4) is 0 Å². The van der Waals surface area contributed by atoms with Gasteiger partial charge in [-0.05, 0) is 23.6 Å². The molecule has 0 unspecified atom stereocenters. The van der Waals surface area contributed by atoms with Crippen LogP contribution in [-0.4, -0.2) is 45.5 Å². The van der Waals surface area contributed by atoms with Crippen LogP contribution in [0, 0.1) is 0 Å². The van der Waals surface area contributed by atoms with Crippen molar-refractivity contribution >= 4 is 22.6 Å². The van der Waals surface area contributed by atoms with Crippen LogP contribution in [0.5, 0.6) is 0 Å². The summed E-state index contributed by atoms with van der Waals surface area (Å²) in [6.07, 6.45) is -3.80. The molecule has 1 aromatic heterocycles. The van der Waals surface area contributed by atoms with Crippen molar-refractivity contribution in [3.63, 3.8) is 0 Å². The molecule has 8 heteroatoms. The van der Waals surface area contributed by atoms with Gasteiger partial charge in [-0.15, -0.1) is 0 Å². The van der Waals surface area contributed by atoms with E-state index in [9.17, 15) is 23.1 Å². The maximum Gasteiger partial charge on any atom is 0.417 e. The number of carbonyl (C=O) groups is 1. The third-order valence-electron chi connectivity index (χ3n) is 4.54. The van der Waals surface area contributed by atoms with Gasteiger partial charge >= 0.3 is 12.2 Å². The first-order chi connectivity index (χ1) is 11.2. The van der Waals surface area contributed by atoms with E-state index in [0.717, 1.165) is 10.9 Å². The Hall–Kier alpha value is -2.22. The second-order valence-corrected chi connectivity index (χ2v) is 6.15. The van der Waals surface area contributed by atoms with Gasteiger partial charge in [0.15, 0.2) is 5.60 Å². The number of piperidine rings is 1. The van der Waals surface area contributed by atoms with E-state index in [1.807, 2.05) is 36.0 Å². The molecule has 0 radical (unpaired) electrons. The first kappa shape index (κ1) is 16.6. The molecule has 1 fully saturated rings. The van der Waals surface area contributed by atoms with Gasteiger partial charge in [0.25, 0.3) is 0 Å². The van der Waals surface area contributed by atoms with Crippen LogP contribution in [0.1, 0.15) is 12.8 Å². The lowest BCUT2D eigenvalue weighted by molar-refractivity contribution is -0.271. The molecule has 2 N–H and O–H groups in total. The number of amides is 2. The largest absolute Gasteiger partial charge is 0.417 e. The maximum absolute atomic E-state index is 12.8. The number of carbonyl (C=O) groups excluding carboxylic acids is 1. The highest BCUT2D eigenvalue weighted by molar-refractivity contribution is 5.92. The lowest BCUT2D eigenvalue weighted by atomic mass is 9.91. The van der Waals surface area contributed by atoms with Gasteiger partial charge in [-0.2, -0.15) is 13.2 Å². The fourth-order valence-electron chi connectivity index (χ4n) is 2.91. The summed E-state index contributed by atoms with van der Waals surface area (Å²) in [5.74, 6) is 0. The highest BCUT2D eigenvalue weighted by atomic mass is 19.4. The SMILES string of the molecule is Cn1ccc2ccc(NC(=O)N3CCC(O)(C(F)(F)F)CC3)cc21. The lowest BCUT2D eigenvalue weighted by Gasteiger charge is -2.38. The maximum atomic E-state index is 12.8. The van der Waals surface area contributed by atoms with Gasteiger partial charge in [0.1, 0.15) is 0 Å². The van der Waals surface area contributed by atoms with E-state index >= 15 is 0 Å². The summed E-state index contributed by atoms with van der Waals surface area (Å²) in [5.41, 5.74) is -1.19. The number of anilines is 1. The van der Waals surface area contributed by atoms with Gasteiger partial charge in [-0.25, -0.2) is 4.79 Å². The molecule has 1 aromatic carbocycles. The molecule has 0 aliphatic carbocycles. The number of hydrogen-bond acceptors (Lipinski definition) is 2. The predicted molar refractivity (Wildman–Crippen MR) is 83.7 cm³/mol. The summed E-state index contributed by atoms with van der Waals surface area (Å²) in [6.45, 7) is -0.289. The standard InChI is InChI=1S/C16H18F3N3O2/c1-21-7-4-11-2-3-12(10-13(11)21)20-14(23)22-8-5-15(24,6-9-22)16(17,18)19/h2-4,7,10,24H,5-6,8-9H2,1H3,(H,20,23). The van der Waals surface area contributed by atoms with Gasteiger partial charge < -0.3 is 19.9 Å². The van der Waals surface area contributed by atoms with E-state index in [-0.39, 0.29) is 13.1 Å². The minimum atomic E-state index is -4.67. The Bertz CT molecular complexity index is 762. The van der Waals surface area contributed by atoms with Crippen LogP contribution in [0.3, 0.4) is 0 Å². The Morgan fingerprint density at radius 2 is 1.92 bits per heavy atom. The quantitative estimate of drug-likeness (QED) is 0.837. The van der Waals surface area contributed by atoms with Crippen LogP contribution in [0.4, 0.5) is 23.7 Å². The van der Waals surface area contributed by atoms with Crippen molar-refractivity contribution in [1.29, 1.82) is 0 Å². The number of aliphatic hydroxyl groups is 1. The number of alkyl halides is 3. The van der Waals surface area contributed by atoms with Crippen LogP contribution in [0.15, 0.2) is 30.5 Å². The normalized spacial score (nSPS) is 18.0. The van der Waals surface area contributed by atoms with Crippen LogP contribution in [-0.2, 0) is 7.05 Å². The van der Waals surface area contributed by atoms with Crippen LogP contribution < -0.4 is 5.32 Å². The smallest absolute Gasteiger partial charge is 0.380 e. The first-order valence-corrected chi connectivity index (χ1v) is 7.60. The third kappa shape index (κ3) is 2.93. The lowest BCUT2D eigenvalue weighted by Crippen LogP contribution is -2.55. The van der Waals surface area contributed by atoms with E-state index < -0.39 is 30.7 Å². The molecule has 0 saturated carbocycles. The van der Waals surface area contributed by atoms with Crippen LogP contribution in [0.25, 0.3) is 10.9 Å². The Labute approximate surface area is 136 Å². The molecular weight excluding hydrogens is 323 g/mol. The summed E-state index contributed by atoms with van der Waals surface area (Å²) in [4.78, 5) is 13.5. The number of aromatic nitrogens is 1. The van der Waals surface area contributed by atoms with Crippen molar-refractivity contribution in [2.45, 2.75) is 24.6 Å². The molecule has 0 spiro atoms. The molecule has 24 heavy (non-hydrogen) atoms. The predicted octanol–water partition coefficient (Wildman–Crippen LogP) is 3.10. The Morgan fingerprint density at radius 1 is 1.25 bits per heavy atom. The average Bonchev–Trinajstić information content (AvgIpc) is 2.88. The first-order valence-electron chi connectivity index (χ1n) is 7.60. The summed E-state index contributed by atoms with van der Waals surface area (Å²) in [7, 11) is 1.89. The highest BCUT2D eigenvalue weighted by Gasteiger charge is 2.54. The fourth-order valence-corrected chi connectivity index (χ4v) is 2.91. The Balaban J connectivity index is 1.66. The van der Waals surface area contributed by atoms with Gasteiger partial charge in [0, 0.05) is 50.4 Å².